The maximum atomic E-state index is 11.1. The van der Waals surface area contributed by atoms with Crippen molar-refractivity contribution in [1.29, 1.82) is 0 Å². The second kappa shape index (κ2) is 8.88. The lowest BCUT2D eigenvalue weighted by Crippen LogP contribution is -2.07. The Balaban J connectivity index is 1.91. The van der Waals surface area contributed by atoms with Gasteiger partial charge >= 0.3 is 6.16 Å². The van der Waals surface area contributed by atoms with E-state index in [0.717, 1.165) is 17.5 Å². The third-order valence-corrected chi connectivity index (χ3v) is 5.36. The van der Waals surface area contributed by atoms with Crippen molar-refractivity contribution >= 4 is 6.16 Å². The van der Waals surface area contributed by atoms with Crippen LogP contribution >= 0.6 is 0 Å². The Kier molecular flexibility index (Phi) is 6.32. The molecule has 1 aliphatic rings. The minimum absolute atomic E-state index is 0.415. The van der Waals surface area contributed by atoms with Crippen LogP contribution in [0.15, 0.2) is 42.5 Å². The van der Waals surface area contributed by atoms with Gasteiger partial charge < -0.3 is 9.84 Å². The minimum Gasteiger partial charge on any atom is -0.449 e. The maximum Gasteiger partial charge on any atom is 0.511 e. The first-order valence-electron chi connectivity index (χ1n) is 9.81. The van der Waals surface area contributed by atoms with Crippen molar-refractivity contribution in [3.63, 3.8) is 0 Å². The molecule has 3 nitrogen and oxygen atoms in total. The summed E-state index contributed by atoms with van der Waals surface area (Å²) < 4.78 is 5.05. The smallest absolute Gasteiger partial charge is 0.449 e. The van der Waals surface area contributed by atoms with Crippen molar-refractivity contribution in [3.05, 3.63) is 53.6 Å². The number of benzene rings is 2. The van der Waals surface area contributed by atoms with Crippen LogP contribution in [0.5, 0.6) is 5.75 Å². The van der Waals surface area contributed by atoms with Gasteiger partial charge in [-0.05, 0) is 60.4 Å². The van der Waals surface area contributed by atoms with Gasteiger partial charge in [0.05, 0.1) is 0 Å². The fourth-order valence-electron chi connectivity index (χ4n) is 3.88. The van der Waals surface area contributed by atoms with Crippen LogP contribution in [-0.4, -0.2) is 11.3 Å². The van der Waals surface area contributed by atoms with Crippen LogP contribution in [0.25, 0.3) is 11.1 Å². The lowest BCUT2D eigenvalue weighted by Gasteiger charge is -2.23. The highest BCUT2D eigenvalue weighted by molar-refractivity contribution is 5.75. The second-order valence-corrected chi connectivity index (χ2v) is 7.26. The molecule has 0 bridgehead atoms. The quantitative estimate of drug-likeness (QED) is 0.459. The van der Waals surface area contributed by atoms with Gasteiger partial charge in [-0.3, -0.25) is 0 Å². The molecule has 0 atom stereocenters. The van der Waals surface area contributed by atoms with Gasteiger partial charge in [-0.25, -0.2) is 4.79 Å². The standard InChI is InChI=1S/C23H28O3/c1-2-3-7-17-10-12-19(13-11-17)21-16-20(18-8-5-4-6-9-18)14-15-22(21)26-23(24)25/h10-16,18H,2-9H2,1H3,(H,24,25). The van der Waals surface area contributed by atoms with Crippen LogP contribution in [0.2, 0.25) is 0 Å². The molecule has 1 fully saturated rings. The molecule has 1 saturated carbocycles. The Morgan fingerprint density at radius 3 is 2.46 bits per heavy atom. The number of ether oxygens (including phenoxy) is 1. The molecule has 0 radical (unpaired) electrons. The summed E-state index contributed by atoms with van der Waals surface area (Å²) in [5, 5.41) is 9.08. The van der Waals surface area contributed by atoms with Crippen LogP contribution in [0, 0.1) is 0 Å². The van der Waals surface area contributed by atoms with Gasteiger partial charge in [0.15, 0.2) is 0 Å². The van der Waals surface area contributed by atoms with E-state index in [-0.39, 0.29) is 0 Å². The number of carbonyl (C=O) groups is 1. The molecule has 0 saturated heterocycles. The Hall–Kier alpha value is -2.29. The van der Waals surface area contributed by atoms with E-state index < -0.39 is 6.16 Å². The topological polar surface area (TPSA) is 46.5 Å². The highest BCUT2D eigenvalue weighted by atomic mass is 16.7. The van der Waals surface area contributed by atoms with Crippen molar-refractivity contribution < 1.29 is 14.6 Å². The number of hydrogen-bond donors (Lipinski definition) is 1. The summed E-state index contributed by atoms with van der Waals surface area (Å²) in [6.07, 6.45) is 8.49. The Morgan fingerprint density at radius 1 is 1.08 bits per heavy atom. The summed E-state index contributed by atoms with van der Waals surface area (Å²) in [5.41, 5.74) is 4.50. The van der Waals surface area contributed by atoms with Crippen LogP contribution in [0.4, 0.5) is 4.79 Å². The third-order valence-electron chi connectivity index (χ3n) is 5.36. The summed E-state index contributed by atoms with van der Waals surface area (Å²) in [6.45, 7) is 2.20. The number of aryl methyl sites for hydroxylation is 1. The first kappa shape index (κ1) is 18.5. The maximum absolute atomic E-state index is 11.1. The van der Waals surface area contributed by atoms with E-state index in [1.54, 1.807) is 0 Å². The van der Waals surface area contributed by atoms with E-state index in [1.165, 1.54) is 56.1 Å². The zero-order valence-electron chi connectivity index (χ0n) is 15.5. The molecule has 0 aliphatic heterocycles. The van der Waals surface area contributed by atoms with E-state index >= 15 is 0 Å². The van der Waals surface area contributed by atoms with Gasteiger partial charge in [0.1, 0.15) is 5.75 Å². The zero-order valence-corrected chi connectivity index (χ0v) is 15.5. The van der Waals surface area contributed by atoms with Crippen molar-refractivity contribution in [2.24, 2.45) is 0 Å². The lowest BCUT2D eigenvalue weighted by molar-refractivity contribution is 0.144. The number of hydrogen-bond acceptors (Lipinski definition) is 2. The first-order valence-corrected chi connectivity index (χ1v) is 9.81. The van der Waals surface area contributed by atoms with E-state index in [4.69, 9.17) is 9.84 Å². The minimum atomic E-state index is -1.27. The average molecular weight is 352 g/mol. The summed E-state index contributed by atoms with van der Waals surface area (Å²) in [4.78, 5) is 11.1. The molecule has 26 heavy (non-hydrogen) atoms. The third kappa shape index (κ3) is 4.66. The largest absolute Gasteiger partial charge is 0.511 e. The molecule has 138 valence electrons. The molecular formula is C23H28O3. The molecule has 1 N–H and O–H groups in total. The summed E-state index contributed by atoms with van der Waals surface area (Å²) in [7, 11) is 0. The van der Waals surface area contributed by atoms with Crippen LogP contribution in [-0.2, 0) is 6.42 Å². The number of unbranched alkanes of at least 4 members (excludes halogenated alkanes) is 1. The average Bonchev–Trinajstić information content (AvgIpc) is 2.67. The predicted molar refractivity (Wildman–Crippen MR) is 105 cm³/mol. The van der Waals surface area contributed by atoms with Crippen LogP contribution in [0.3, 0.4) is 0 Å². The molecule has 0 unspecified atom stereocenters. The van der Waals surface area contributed by atoms with Crippen molar-refractivity contribution in [2.75, 3.05) is 0 Å². The molecule has 2 aromatic rings. The second-order valence-electron chi connectivity index (χ2n) is 7.26. The van der Waals surface area contributed by atoms with Crippen molar-refractivity contribution in [1.82, 2.24) is 0 Å². The van der Waals surface area contributed by atoms with Gasteiger partial charge in [0.2, 0.25) is 0 Å². The van der Waals surface area contributed by atoms with Gasteiger partial charge in [0.25, 0.3) is 0 Å². The summed E-state index contributed by atoms with van der Waals surface area (Å²) in [5.74, 6) is 0.989. The lowest BCUT2D eigenvalue weighted by atomic mass is 9.83. The van der Waals surface area contributed by atoms with E-state index in [1.807, 2.05) is 12.1 Å². The van der Waals surface area contributed by atoms with E-state index in [2.05, 4.69) is 37.3 Å². The van der Waals surface area contributed by atoms with Crippen LogP contribution in [0.1, 0.15) is 68.9 Å². The Bertz CT molecular complexity index is 728. The Morgan fingerprint density at radius 2 is 1.81 bits per heavy atom. The fourth-order valence-corrected chi connectivity index (χ4v) is 3.88. The molecule has 0 aromatic heterocycles. The van der Waals surface area contributed by atoms with Crippen molar-refractivity contribution in [3.8, 4) is 16.9 Å². The summed E-state index contributed by atoms with van der Waals surface area (Å²) >= 11 is 0. The number of carboxylic acid groups (broad SMARTS) is 1. The number of rotatable bonds is 6. The Labute approximate surface area is 156 Å². The molecule has 0 amide bonds. The molecule has 2 aromatic carbocycles. The highest BCUT2D eigenvalue weighted by Gasteiger charge is 2.18. The molecule has 3 rings (SSSR count). The van der Waals surface area contributed by atoms with Gasteiger partial charge in [-0.15, -0.1) is 0 Å². The molecule has 3 heteroatoms. The van der Waals surface area contributed by atoms with Gasteiger partial charge in [-0.1, -0.05) is 62.9 Å². The monoisotopic (exact) mass is 352 g/mol. The summed E-state index contributed by atoms with van der Waals surface area (Å²) in [6, 6.07) is 14.4. The molecule has 1 aliphatic carbocycles. The molecule has 0 spiro atoms. The van der Waals surface area contributed by atoms with Crippen LogP contribution < -0.4 is 4.74 Å². The molecule has 0 heterocycles. The van der Waals surface area contributed by atoms with Gasteiger partial charge in [0, 0.05) is 5.56 Å². The fraction of sp³-hybridized carbons (Fsp3) is 0.435. The highest BCUT2D eigenvalue weighted by Crippen LogP contribution is 2.38. The van der Waals surface area contributed by atoms with E-state index in [0.29, 0.717) is 11.7 Å². The predicted octanol–water partition coefficient (Wildman–Crippen LogP) is 6.80. The zero-order chi connectivity index (χ0) is 18.4. The van der Waals surface area contributed by atoms with E-state index in [9.17, 15) is 4.79 Å². The normalized spacial score (nSPS) is 15.0. The first-order chi connectivity index (χ1) is 12.7. The van der Waals surface area contributed by atoms with Crippen molar-refractivity contribution in [2.45, 2.75) is 64.2 Å². The molecular weight excluding hydrogens is 324 g/mol. The SMILES string of the molecule is CCCCc1ccc(-c2cc(C3CCCCC3)ccc2OC(=O)O)cc1. The van der Waals surface area contributed by atoms with Gasteiger partial charge in [-0.2, -0.15) is 0 Å².